The minimum absolute atomic E-state index is 0.0770. The van der Waals surface area contributed by atoms with Gasteiger partial charge in [0.15, 0.2) is 0 Å². The van der Waals surface area contributed by atoms with E-state index in [1.165, 1.54) is 6.92 Å². The highest BCUT2D eigenvalue weighted by molar-refractivity contribution is 5.82. The number of nitrogens with one attached hydrogen (secondary N) is 1. The first-order valence-corrected chi connectivity index (χ1v) is 5.66. The number of amides is 1. The molecule has 1 aromatic carbocycles. The summed E-state index contributed by atoms with van der Waals surface area (Å²) in [6, 6.07) is 7.90. The lowest BCUT2D eigenvalue weighted by molar-refractivity contribution is -0.141. The molecule has 0 spiro atoms. The number of benzene rings is 1. The topological polar surface area (TPSA) is 93.4 Å². The Hall–Kier alpha value is -2.55. The van der Waals surface area contributed by atoms with E-state index in [4.69, 9.17) is 10.4 Å². The third-order valence-electron chi connectivity index (χ3n) is 2.57. The summed E-state index contributed by atoms with van der Waals surface area (Å²) in [4.78, 5) is 23.6. The highest BCUT2D eigenvalue weighted by Crippen LogP contribution is 2.18. The molecule has 0 saturated carbocycles. The number of para-hydroxylation sites is 1. The number of carboxylic acid groups (broad SMARTS) is 1. The molecular formula is C13H15N3O3. The van der Waals surface area contributed by atoms with Crippen molar-refractivity contribution in [3.8, 4) is 6.07 Å². The van der Waals surface area contributed by atoms with Gasteiger partial charge in [-0.05, 0) is 12.1 Å². The van der Waals surface area contributed by atoms with Gasteiger partial charge in [0.2, 0.25) is 5.91 Å². The number of hydrogen-bond acceptors (Lipinski definition) is 4. The van der Waals surface area contributed by atoms with Crippen LogP contribution < -0.4 is 10.2 Å². The van der Waals surface area contributed by atoms with Crippen LogP contribution in [0.3, 0.4) is 0 Å². The minimum Gasteiger partial charge on any atom is -0.480 e. The van der Waals surface area contributed by atoms with Crippen LogP contribution in [0.2, 0.25) is 0 Å². The first-order chi connectivity index (χ1) is 8.95. The van der Waals surface area contributed by atoms with E-state index >= 15 is 0 Å². The SMILES string of the molecule is CC(=O)NC(CN(C)c1ccccc1C#N)C(=O)O. The van der Waals surface area contributed by atoms with Crippen LogP contribution in [0.4, 0.5) is 5.69 Å². The van der Waals surface area contributed by atoms with Gasteiger partial charge in [0.1, 0.15) is 12.1 Å². The summed E-state index contributed by atoms with van der Waals surface area (Å²) in [5, 5.41) is 20.4. The number of anilines is 1. The van der Waals surface area contributed by atoms with E-state index in [9.17, 15) is 9.59 Å². The molecule has 1 atom stereocenters. The Balaban J connectivity index is 2.88. The molecule has 1 unspecified atom stereocenters. The number of nitriles is 1. The largest absolute Gasteiger partial charge is 0.480 e. The molecule has 0 radical (unpaired) electrons. The van der Waals surface area contributed by atoms with E-state index in [0.717, 1.165) is 0 Å². The lowest BCUT2D eigenvalue weighted by atomic mass is 10.1. The van der Waals surface area contributed by atoms with Crippen molar-refractivity contribution in [2.45, 2.75) is 13.0 Å². The molecule has 0 aliphatic rings. The number of nitrogens with zero attached hydrogens (tertiary/aromatic N) is 2. The number of aliphatic carboxylic acids is 1. The predicted molar refractivity (Wildman–Crippen MR) is 69.7 cm³/mol. The first kappa shape index (κ1) is 14.5. The second kappa shape index (κ2) is 6.40. The van der Waals surface area contributed by atoms with Gasteiger partial charge in [-0.1, -0.05) is 12.1 Å². The smallest absolute Gasteiger partial charge is 0.328 e. The van der Waals surface area contributed by atoms with Gasteiger partial charge in [-0.25, -0.2) is 4.79 Å². The summed E-state index contributed by atoms with van der Waals surface area (Å²) in [5.41, 5.74) is 1.08. The summed E-state index contributed by atoms with van der Waals surface area (Å²) in [5.74, 6) is -1.52. The minimum atomic E-state index is -1.11. The van der Waals surface area contributed by atoms with Gasteiger partial charge in [0.25, 0.3) is 0 Å². The Morgan fingerprint density at radius 1 is 1.47 bits per heavy atom. The van der Waals surface area contributed by atoms with Gasteiger partial charge < -0.3 is 15.3 Å². The van der Waals surface area contributed by atoms with Crippen molar-refractivity contribution < 1.29 is 14.7 Å². The van der Waals surface area contributed by atoms with Crippen molar-refractivity contribution in [2.75, 3.05) is 18.5 Å². The van der Waals surface area contributed by atoms with Gasteiger partial charge in [-0.15, -0.1) is 0 Å². The molecular weight excluding hydrogens is 246 g/mol. The maximum absolute atomic E-state index is 11.0. The average molecular weight is 261 g/mol. The number of rotatable bonds is 5. The molecule has 0 aromatic heterocycles. The molecule has 1 aromatic rings. The summed E-state index contributed by atoms with van der Waals surface area (Å²) < 4.78 is 0. The Labute approximate surface area is 111 Å². The van der Waals surface area contributed by atoms with Crippen molar-refractivity contribution in [2.24, 2.45) is 0 Å². The molecule has 0 bridgehead atoms. The van der Waals surface area contributed by atoms with Crippen LogP contribution in [-0.2, 0) is 9.59 Å². The third-order valence-corrected chi connectivity index (χ3v) is 2.57. The molecule has 0 fully saturated rings. The molecule has 6 heteroatoms. The van der Waals surface area contributed by atoms with E-state index < -0.39 is 17.9 Å². The van der Waals surface area contributed by atoms with Gasteiger partial charge in [-0.3, -0.25) is 4.79 Å². The molecule has 0 aliphatic heterocycles. The van der Waals surface area contributed by atoms with Crippen molar-refractivity contribution in [3.63, 3.8) is 0 Å². The molecule has 0 heterocycles. The lowest BCUT2D eigenvalue weighted by Gasteiger charge is -2.24. The van der Waals surface area contributed by atoms with Gasteiger partial charge in [0.05, 0.1) is 11.3 Å². The fourth-order valence-corrected chi connectivity index (χ4v) is 1.70. The molecule has 0 saturated heterocycles. The Morgan fingerprint density at radius 3 is 2.63 bits per heavy atom. The maximum Gasteiger partial charge on any atom is 0.328 e. The third kappa shape index (κ3) is 4.00. The van der Waals surface area contributed by atoms with Crippen molar-refractivity contribution in [1.82, 2.24) is 5.32 Å². The normalized spacial score (nSPS) is 11.2. The van der Waals surface area contributed by atoms with Crippen LogP contribution in [0, 0.1) is 11.3 Å². The van der Waals surface area contributed by atoms with Gasteiger partial charge in [-0.2, -0.15) is 5.26 Å². The molecule has 100 valence electrons. The Morgan fingerprint density at radius 2 is 2.11 bits per heavy atom. The zero-order valence-electron chi connectivity index (χ0n) is 10.8. The molecule has 1 rings (SSSR count). The number of carboxylic acids is 1. The van der Waals surface area contributed by atoms with Gasteiger partial charge >= 0.3 is 5.97 Å². The first-order valence-electron chi connectivity index (χ1n) is 5.66. The highest BCUT2D eigenvalue weighted by Gasteiger charge is 2.21. The quantitative estimate of drug-likeness (QED) is 0.808. The number of likely N-dealkylation sites (N-methyl/N-ethyl adjacent to an activating group) is 1. The highest BCUT2D eigenvalue weighted by atomic mass is 16.4. The second-order valence-electron chi connectivity index (χ2n) is 4.10. The molecule has 1 amide bonds. The van der Waals surface area contributed by atoms with Crippen LogP contribution in [0.5, 0.6) is 0 Å². The lowest BCUT2D eigenvalue weighted by Crippen LogP contribution is -2.47. The van der Waals surface area contributed by atoms with E-state index in [2.05, 4.69) is 5.32 Å². The summed E-state index contributed by atoms with van der Waals surface area (Å²) >= 11 is 0. The van der Waals surface area contributed by atoms with E-state index in [-0.39, 0.29) is 6.54 Å². The van der Waals surface area contributed by atoms with Crippen LogP contribution in [0.25, 0.3) is 0 Å². The van der Waals surface area contributed by atoms with Crippen molar-refractivity contribution in [3.05, 3.63) is 29.8 Å². The molecule has 19 heavy (non-hydrogen) atoms. The van der Waals surface area contributed by atoms with Crippen molar-refractivity contribution >= 4 is 17.6 Å². The van der Waals surface area contributed by atoms with E-state index in [1.54, 1.807) is 36.2 Å². The van der Waals surface area contributed by atoms with Crippen molar-refractivity contribution in [1.29, 1.82) is 5.26 Å². The summed E-state index contributed by atoms with van der Waals surface area (Å²) in [6.45, 7) is 1.34. The van der Waals surface area contributed by atoms with Crippen LogP contribution in [-0.4, -0.2) is 36.6 Å². The summed E-state index contributed by atoms with van der Waals surface area (Å²) in [7, 11) is 1.67. The number of hydrogen-bond donors (Lipinski definition) is 2. The number of carbonyl (C=O) groups is 2. The van der Waals surface area contributed by atoms with E-state index in [1.807, 2.05) is 6.07 Å². The van der Waals surface area contributed by atoms with E-state index in [0.29, 0.717) is 11.3 Å². The van der Waals surface area contributed by atoms with Crippen LogP contribution >= 0.6 is 0 Å². The summed E-state index contributed by atoms with van der Waals surface area (Å²) in [6.07, 6.45) is 0. The molecule has 0 aliphatic carbocycles. The zero-order valence-corrected chi connectivity index (χ0v) is 10.8. The average Bonchev–Trinajstić information content (AvgIpc) is 2.37. The molecule has 2 N–H and O–H groups in total. The second-order valence-corrected chi connectivity index (χ2v) is 4.10. The maximum atomic E-state index is 11.0. The zero-order chi connectivity index (χ0) is 14.4. The van der Waals surface area contributed by atoms with Gasteiger partial charge in [0, 0.05) is 20.5 Å². The molecule has 6 nitrogen and oxygen atoms in total. The fraction of sp³-hybridized carbons (Fsp3) is 0.308. The number of carbonyl (C=O) groups excluding carboxylic acids is 1. The monoisotopic (exact) mass is 261 g/mol. The van der Waals surface area contributed by atoms with Crippen LogP contribution in [0.1, 0.15) is 12.5 Å². The Bertz CT molecular complexity index is 522. The van der Waals surface area contributed by atoms with Crippen LogP contribution in [0.15, 0.2) is 24.3 Å². The predicted octanol–water partition coefficient (Wildman–Crippen LogP) is 0.584. The Kier molecular flexibility index (Phi) is 4.89. The fourth-order valence-electron chi connectivity index (χ4n) is 1.70. The standard InChI is InChI=1S/C13H15N3O3/c1-9(17)15-11(13(18)19)8-16(2)12-6-4-3-5-10(12)7-14/h3-6,11H,8H2,1-2H3,(H,15,17)(H,18,19).